The first-order valence-electron chi connectivity index (χ1n) is 4.86. The van der Waals surface area contributed by atoms with Crippen molar-refractivity contribution in [2.45, 2.75) is 23.8 Å². The lowest BCUT2D eigenvalue weighted by atomic mass is 10.3. The Hall–Kier alpha value is -0.830. The first-order chi connectivity index (χ1) is 6.83. The minimum absolute atomic E-state index is 0.473. The Morgan fingerprint density at radius 2 is 2.21 bits per heavy atom. The van der Waals surface area contributed by atoms with Crippen LogP contribution in [0.3, 0.4) is 0 Å². The van der Waals surface area contributed by atoms with Crippen molar-refractivity contribution in [3.63, 3.8) is 0 Å². The summed E-state index contributed by atoms with van der Waals surface area (Å²) in [4.78, 5) is 1.21. The molecule has 0 radical (unpaired) electrons. The molecule has 1 aromatic carbocycles. The largest absolute Gasteiger partial charge is 0.489 e. The van der Waals surface area contributed by atoms with Crippen LogP contribution in [0.4, 0.5) is 5.69 Å². The summed E-state index contributed by atoms with van der Waals surface area (Å²) in [5.74, 6) is 1.03. The number of benzene rings is 1. The number of anilines is 1. The molecule has 0 spiro atoms. The monoisotopic (exact) mass is 209 g/mol. The Morgan fingerprint density at radius 3 is 2.79 bits per heavy atom. The fourth-order valence-corrected chi connectivity index (χ4v) is 1.85. The molecule has 1 saturated carbocycles. The molecular weight excluding hydrogens is 194 g/mol. The van der Waals surface area contributed by atoms with E-state index in [9.17, 15) is 0 Å². The standard InChI is InChI=1S/C11H15NOS/c1-12-8-3-6-10(11(7-8)14-2)13-9-4-5-9/h3,6-7,9,12H,4-5H2,1-2H3. The third-order valence-electron chi connectivity index (χ3n) is 2.27. The van der Waals surface area contributed by atoms with Crippen LogP contribution < -0.4 is 10.1 Å². The fourth-order valence-electron chi connectivity index (χ4n) is 1.29. The summed E-state index contributed by atoms with van der Waals surface area (Å²) in [5, 5.41) is 3.13. The first-order valence-corrected chi connectivity index (χ1v) is 6.08. The molecule has 1 aliphatic rings. The second-order valence-electron chi connectivity index (χ2n) is 3.43. The van der Waals surface area contributed by atoms with Crippen LogP contribution in [-0.4, -0.2) is 19.4 Å². The van der Waals surface area contributed by atoms with Gasteiger partial charge in [-0.3, -0.25) is 0 Å². The Bertz CT molecular complexity index is 323. The molecule has 1 aromatic rings. The first kappa shape index (κ1) is 9.71. The van der Waals surface area contributed by atoms with Gasteiger partial charge in [-0.2, -0.15) is 0 Å². The molecule has 0 aromatic heterocycles. The maximum Gasteiger partial charge on any atom is 0.133 e. The quantitative estimate of drug-likeness (QED) is 0.770. The molecule has 2 nitrogen and oxygen atoms in total. The number of hydrogen-bond acceptors (Lipinski definition) is 3. The molecule has 76 valence electrons. The normalized spacial score (nSPS) is 15.3. The van der Waals surface area contributed by atoms with Crippen molar-refractivity contribution < 1.29 is 4.74 Å². The topological polar surface area (TPSA) is 21.3 Å². The minimum atomic E-state index is 0.473. The van der Waals surface area contributed by atoms with Crippen molar-refractivity contribution in [2.24, 2.45) is 0 Å². The molecule has 14 heavy (non-hydrogen) atoms. The van der Waals surface area contributed by atoms with Crippen LogP contribution in [-0.2, 0) is 0 Å². The third kappa shape index (κ3) is 2.15. The molecule has 0 heterocycles. The van der Waals surface area contributed by atoms with Crippen LogP contribution in [0.1, 0.15) is 12.8 Å². The molecule has 3 heteroatoms. The second-order valence-corrected chi connectivity index (χ2v) is 4.28. The number of ether oxygens (including phenoxy) is 1. The summed E-state index contributed by atoms with van der Waals surface area (Å²) in [6, 6.07) is 6.23. The van der Waals surface area contributed by atoms with Crippen LogP contribution in [0.25, 0.3) is 0 Å². The van der Waals surface area contributed by atoms with E-state index in [2.05, 4.69) is 29.8 Å². The van der Waals surface area contributed by atoms with E-state index in [1.165, 1.54) is 17.7 Å². The van der Waals surface area contributed by atoms with Gasteiger partial charge in [-0.25, -0.2) is 0 Å². The zero-order valence-corrected chi connectivity index (χ0v) is 9.36. The van der Waals surface area contributed by atoms with E-state index in [1.807, 2.05) is 7.05 Å². The minimum Gasteiger partial charge on any atom is -0.489 e. The van der Waals surface area contributed by atoms with Gasteiger partial charge in [-0.1, -0.05) is 0 Å². The lowest BCUT2D eigenvalue weighted by molar-refractivity contribution is 0.296. The summed E-state index contributed by atoms with van der Waals surface area (Å²) in [5.41, 5.74) is 1.14. The van der Waals surface area contributed by atoms with Gasteiger partial charge in [0, 0.05) is 12.7 Å². The Kier molecular flexibility index (Phi) is 2.87. The van der Waals surface area contributed by atoms with Crippen LogP contribution in [0.15, 0.2) is 23.1 Å². The molecule has 1 N–H and O–H groups in total. The lowest BCUT2D eigenvalue weighted by Crippen LogP contribution is -1.98. The highest BCUT2D eigenvalue weighted by Crippen LogP contribution is 2.34. The number of hydrogen-bond donors (Lipinski definition) is 1. The van der Waals surface area contributed by atoms with Crippen molar-refractivity contribution in [3.05, 3.63) is 18.2 Å². The highest BCUT2D eigenvalue weighted by atomic mass is 32.2. The SMILES string of the molecule is CNc1ccc(OC2CC2)c(SC)c1. The molecule has 1 fully saturated rings. The van der Waals surface area contributed by atoms with Gasteiger partial charge in [-0.15, -0.1) is 11.8 Å². The molecular formula is C11H15NOS. The van der Waals surface area contributed by atoms with Crippen molar-refractivity contribution >= 4 is 17.4 Å². The highest BCUT2D eigenvalue weighted by molar-refractivity contribution is 7.98. The van der Waals surface area contributed by atoms with Gasteiger partial charge in [0.2, 0.25) is 0 Å². The maximum atomic E-state index is 5.80. The summed E-state index contributed by atoms with van der Waals surface area (Å²) in [6.45, 7) is 0. The van der Waals surface area contributed by atoms with E-state index in [4.69, 9.17) is 4.74 Å². The molecule has 0 saturated heterocycles. The zero-order valence-electron chi connectivity index (χ0n) is 8.54. The zero-order chi connectivity index (χ0) is 9.97. The summed E-state index contributed by atoms with van der Waals surface area (Å²) in [6.07, 6.45) is 4.97. The molecule has 0 unspecified atom stereocenters. The van der Waals surface area contributed by atoms with Gasteiger partial charge < -0.3 is 10.1 Å². The predicted octanol–water partition coefficient (Wildman–Crippen LogP) is 2.99. The molecule has 1 aliphatic carbocycles. The van der Waals surface area contributed by atoms with Crippen LogP contribution >= 0.6 is 11.8 Å². The number of nitrogens with one attached hydrogen (secondary N) is 1. The maximum absolute atomic E-state index is 5.80. The average molecular weight is 209 g/mol. The van der Waals surface area contributed by atoms with Crippen LogP contribution in [0.2, 0.25) is 0 Å². The van der Waals surface area contributed by atoms with E-state index < -0.39 is 0 Å². The number of thioether (sulfide) groups is 1. The van der Waals surface area contributed by atoms with Crippen molar-refractivity contribution in [1.29, 1.82) is 0 Å². The van der Waals surface area contributed by atoms with Gasteiger partial charge in [-0.05, 0) is 37.3 Å². The molecule has 0 bridgehead atoms. The van der Waals surface area contributed by atoms with Gasteiger partial charge in [0.15, 0.2) is 0 Å². The van der Waals surface area contributed by atoms with Gasteiger partial charge in [0.05, 0.1) is 11.0 Å². The lowest BCUT2D eigenvalue weighted by Gasteiger charge is -2.10. The predicted molar refractivity (Wildman–Crippen MR) is 61.4 cm³/mol. The van der Waals surface area contributed by atoms with E-state index in [0.29, 0.717) is 6.10 Å². The Balaban J connectivity index is 2.19. The Labute approximate surface area is 89.0 Å². The molecule has 0 aliphatic heterocycles. The Morgan fingerprint density at radius 1 is 1.43 bits per heavy atom. The summed E-state index contributed by atoms with van der Waals surface area (Å²) >= 11 is 1.73. The van der Waals surface area contributed by atoms with Crippen molar-refractivity contribution in [3.8, 4) is 5.75 Å². The second kappa shape index (κ2) is 4.13. The average Bonchev–Trinajstić information content (AvgIpc) is 3.02. The summed E-state index contributed by atoms with van der Waals surface area (Å²) in [7, 11) is 1.93. The summed E-state index contributed by atoms with van der Waals surface area (Å²) < 4.78 is 5.80. The van der Waals surface area contributed by atoms with Gasteiger partial charge in [0.25, 0.3) is 0 Å². The van der Waals surface area contributed by atoms with Gasteiger partial charge >= 0.3 is 0 Å². The van der Waals surface area contributed by atoms with Crippen molar-refractivity contribution in [2.75, 3.05) is 18.6 Å². The highest BCUT2D eigenvalue weighted by Gasteiger charge is 2.24. The molecule has 2 rings (SSSR count). The molecule has 0 atom stereocenters. The third-order valence-corrected chi connectivity index (χ3v) is 3.03. The van der Waals surface area contributed by atoms with Crippen molar-refractivity contribution in [1.82, 2.24) is 0 Å². The van der Waals surface area contributed by atoms with Crippen LogP contribution in [0.5, 0.6) is 5.75 Å². The van der Waals surface area contributed by atoms with Crippen LogP contribution in [0, 0.1) is 0 Å². The fraction of sp³-hybridized carbons (Fsp3) is 0.455. The van der Waals surface area contributed by atoms with E-state index in [-0.39, 0.29) is 0 Å². The van der Waals surface area contributed by atoms with Gasteiger partial charge in [0.1, 0.15) is 5.75 Å². The molecule has 0 amide bonds. The van der Waals surface area contributed by atoms with E-state index in [0.717, 1.165) is 11.4 Å². The van der Waals surface area contributed by atoms with E-state index >= 15 is 0 Å². The van der Waals surface area contributed by atoms with E-state index in [1.54, 1.807) is 11.8 Å². The number of rotatable bonds is 4. The smallest absolute Gasteiger partial charge is 0.133 e.